The average molecular weight is 376 g/mol. The lowest BCUT2D eigenvalue weighted by molar-refractivity contribution is -0.141. The number of carbonyl (C=O) groups excluding carboxylic acids is 3. The van der Waals surface area contributed by atoms with Gasteiger partial charge < -0.3 is 19.7 Å². The highest BCUT2D eigenvalue weighted by atomic mass is 16.5. The van der Waals surface area contributed by atoms with Crippen molar-refractivity contribution in [3.63, 3.8) is 0 Å². The van der Waals surface area contributed by atoms with E-state index in [9.17, 15) is 14.4 Å². The second-order valence-electron chi connectivity index (χ2n) is 6.76. The number of Topliss-reactive ketones (excluding diaryl/α,β-unsaturated/α-hetero) is 1. The fourth-order valence-electron chi connectivity index (χ4n) is 3.50. The Morgan fingerprint density at radius 3 is 2.48 bits per heavy atom. The topological polar surface area (TPSA) is 84.9 Å². The van der Waals surface area contributed by atoms with E-state index in [0.717, 1.165) is 29.7 Å². The van der Waals surface area contributed by atoms with E-state index >= 15 is 0 Å². The number of hydrogen-bond donors (Lipinski definition) is 1. The summed E-state index contributed by atoms with van der Waals surface area (Å²) in [7, 11) is 1.62. The molecule has 0 bridgehead atoms. The molecule has 1 heterocycles. The molecule has 2 amide bonds. The number of methoxy groups -OCH3 is 1. The normalized spacial score (nSPS) is 16.6. The van der Waals surface area contributed by atoms with Crippen LogP contribution in [-0.2, 0) is 9.53 Å². The molecule has 1 atom stereocenters. The first-order valence-corrected chi connectivity index (χ1v) is 9.25. The number of ketones is 1. The number of carbonyl (C=O) groups is 3. The molecule has 7 heteroatoms. The Morgan fingerprint density at radius 1 is 1.22 bits per heavy atom. The number of nitrogens with one attached hydrogen (secondary N) is 1. The van der Waals surface area contributed by atoms with E-state index in [1.54, 1.807) is 18.9 Å². The van der Waals surface area contributed by atoms with Gasteiger partial charge in [-0.2, -0.15) is 0 Å². The lowest BCUT2D eigenvalue weighted by Crippen LogP contribution is -2.48. The molecule has 1 aromatic rings. The zero-order valence-corrected chi connectivity index (χ0v) is 16.5. The van der Waals surface area contributed by atoms with Gasteiger partial charge in [0.05, 0.1) is 13.7 Å². The molecule has 0 aliphatic carbocycles. The molecule has 0 unspecified atom stereocenters. The van der Waals surface area contributed by atoms with E-state index in [1.165, 1.54) is 0 Å². The molecular weight excluding hydrogens is 348 g/mol. The van der Waals surface area contributed by atoms with Crippen LogP contribution in [-0.4, -0.2) is 56.0 Å². The molecule has 1 aromatic carbocycles. The minimum absolute atomic E-state index is 0.0340. The summed E-state index contributed by atoms with van der Waals surface area (Å²) in [6.07, 6.45) is 1.49. The van der Waals surface area contributed by atoms with E-state index in [0.29, 0.717) is 18.7 Å². The Morgan fingerprint density at radius 2 is 1.89 bits per heavy atom. The van der Waals surface area contributed by atoms with Crippen molar-refractivity contribution in [1.82, 2.24) is 10.2 Å². The molecule has 1 fully saturated rings. The first kappa shape index (κ1) is 20.7. The maximum Gasteiger partial charge on any atom is 0.325 e. The van der Waals surface area contributed by atoms with Gasteiger partial charge in [-0.25, -0.2) is 4.79 Å². The molecule has 1 aliphatic rings. The van der Waals surface area contributed by atoms with Gasteiger partial charge in [0.15, 0.2) is 5.78 Å². The summed E-state index contributed by atoms with van der Waals surface area (Å²) in [5, 5.41) is 2.55. The van der Waals surface area contributed by atoms with Gasteiger partial charge in [-0.3, -0.25) is 9.59 Å². The van der Waals surface area contributed by atoms with Gasteiger partial charge in [0.25, 0.3) is 0 Å². The number of nitrogens with zero attached hydrogens (tertiary/aromatic N) is 1. The summed E-state index contributed by atoms with van der Waals surface area (Å²) in [5.41, 5.74) is 2.48. The lowest BCUT2D eigenvalue weighted by atomic mass is 9.89. The minimum atomic E-state index is -0.473. The molecule has 148 valence electrons. The van der Waals surface area contributed by atoms with Crippen LogP contribution in [0, 0.1) is 19.8 Å². The number of likely N-dealkylation sites (tertiary alicyclic amines) is 1. The lowest BCUT2D eigenvalue weighted by Gasteiger charge is -2.32. The van der Waals surface area contributed by atoms with Gasteiger partial charge in [0.1, 0.15) is 12.3 Å². The van der Waals surface area contributed by atoms with Gasteiger partial charge in [0.2, 0.25) is 0 Å². The SMILES string of the molecule is CCOC(=O)CNC(=O)N1CCC[C@@H](C(=O)c2cc(C)c(OC)c(C)c2)C1. The standard InChI is InChI=1S/C20H28N2O5/c1-5-27-17(23)11-21-20(25)22-8-6-7-15(12-22)18(24)16-9-13(2)19(26-4)14(3)10-16/h9-10,15H,5-8,11-12H2,1-4H3,(H,21,25)/t15-/m1/s1. The van der Waals surface area contributed by atoms with Crippen LogP contribution >= 0.6 is 0 Å². The molecule has 0 aromatic heterocycles. The number of aryl methyl sites for hydroxylation is 2. The van der Waals surface area contributed by atoms with Crippen molar-refractivity contribution < 1.29 is 23.9 Å². The summed E-state index contributed by atoms with van der Waals surface area (Å²) in [4.78, 5) is 38.2. The molecular formula is C20H28N2O5. The third-order valence-electron chi connectivity index (χ3n) is 4.72. The second kappa shape index (κ2) is 9.39. The Hall–Kier alpha value is -2.57. The first-order chi connectivity index (χ1) is 12.9. The summed E-state index contributed by atoms with van der Waals surface area (Å²) in [6.45, 7) is 6.56. The Bertz CT molecular complexity index is 693. The number of benzene rings is 1. The van der Waals surface area contributed by atoms with Gasteiger partial charge in [-0.15, -0.1) is 0 Å². The zero-order valence-electron chi connectivity index (χ0n) is 16.5. The maximum atomic E-state index is 12.9. The Labute approximate surface area is 160 Å². The van der Waals surface area contributed by atoms with E-state index in [1.807, 2.05) is 26.0 Å². The Kier molecular flexibility index (Phi) is 7.21. The quantitative estimate of drug-likeness (QED) is 0.609. The van der Waals surface area contributed by atoms with Crippen molar-refractivity contribution in [1.29, 1.82) is 0 Å². The number of rotatable bonds is 6. The minimum Gasteiger partial charge on any atom is -0.496 e. The number of piperidine rings is 1. The van der Waals surface area contributed by atoms with Crippen molar-refractivity contribution in [3.8, 4) is 5.75 Å². The summed E-state index contributed by atoms with van der Waals surface area (Å²) < 4.78 is 10.2. The van der Waals surface area contributed by atoms with Crippen molar-refractivity contribution in [2.75, 3.05) is 33.4 Å². The zero-order chi connectivity index (χ0) is 20.0. The Balaban J connectivity index is 2.02. The first-order valence-electron chi connectivity index (χ1n) is 9.25. The molecule has 0 spiro atoms. The van der Waals surface area contributed by atoms with Crippen LogP contribution in [0.15, 0.2) is 12.1 Å². The van der Waals surface area contributed by atoms with E-state index in [-0.39, 0.29) is 30.9 Å². The predicted octanol–water partition coefficient (Wildman–Crippen LogP) is 2.48. The smallest absolute Gasteiger partial charge is 0.325 e. The van der Waals surface area contributed by atoms with E-state index < -0.39 is 5.97 Å². The highest BCUT2D eigenvalue weighted by molar-refractivity contribution is 5.99. The van der Waals surface area contributed by atoms with Crippen molar-refractivity contribution >= 4 is 17.8 Å². The highest BCUT2D eigenvalue weighted by Crippen LogP contribution is 2.27. The third kappa shape index (κ3) is 5.21. The van der Waals surface area contributed by atoms with Crippen LogP contribution in [0.2, 0.25) is 0 Å². The van der Waals surface area contributed by atoms with Gasteiger partial charge >= 0.3 is 12.0 Å². The monoisotopic (exact) mass is 376 g/mol. The summed E-state index contributed by atoms with van der Waals surface area (Å²) in [6, 6.07) is 3.34. The van der Waals surface area contributed by atoms with Crippen LogP contribution in [0.5, 0.6) is 5.75 Å². The van der Waals surface area contributed by atoms with Crippen LogP contribution < -0.4 is 10.1 Å². The summed E-state index contributed by atoms with van der Waals surface area (Å²) in [5.74, 6) is 0.0980. The van der Waals surface area contributed by atoms with Crippen molar-refractivity contribution in [3.05, 3.63) is 28.8 Å². The van der Waals surface area contributed by atoms with Crippen LogP contribution in [0.25, 0.3) is 0 Å². The number of ether oxygens (including phenoxy) is 2. The molecule has 1 N–H and O–H groups in total. The fourth-order valence-corrected chi connectivity index (χ4v) is 3.50. The predicted molar refractivity (Wildman–Crippen MR) is 101 cm³/mol. The van der Waals surface area contributed by atoms with Crippen molar-refractivity contribution in [2.24, 2.45) is 5.92 Å². The molecule has 27 heavy (non-hydrogen) atoms. The third-order valence-corrected chi connectivity index (χ3v) is 4.72. The second-order valence-corrected chi connectivity index (χ2v) is 6.76. The van der Waals surface area contributed by atoms with Crippen molar-refractivity contribution in [2.45, 2.75) is 33.6 Å². The number of urea groups is 1. The number of amides is 2. The fraction of sp³-hybridized carbons (Fsp3) is 0.550. The van der Waals surface area contributed by atoms with Gasteiger partial charge in [0, 0.05) is 24.6 Å². The number of esters is 1. The molecule has 2 rings (SSSR count). The molecule has 0 saturated carbocycles. The molecule has 0 radical (unpaired) electrons. The molecule has 1 saturated heterocycles. The van der Waals surface area contributed by atoms with Gasteiger partial charge in [-0.05, 0) is 56.9 Å². The van der Waals surface area contributed by atoms with E-state index in [4.69, 9.17) is 9.47 Å². The molecule has 1 aliphatic heterocycles. The number of hydrogen-bond acceptors (Lipinski definition) is 5. The maximum absolute atomic E-state index is 12.9. The average Bonchev–Trinajstić information content (AvgIpc) is 2.65. The van der Waals surface area contributed by atoms with Crippen LogP contribution in [0.4, 0.5) is 4.79 Å². The molecule has 7 nitrogen and oxygen atoms in total. The van der Waals surface area contributed by atoms with Gasteiger partial charge in [-0.1, -0.05) is 0 Å². The largest absolute Gasteiger partial charge is 0.496 e. The van der Waals surface area contributed by atoms with Crippen LogP contribution in [0.1, 0.15) is 41.3 Å². The highest BCUT2D eigenvalue weighted by Gasteiger charge is 2.29. The summed E-state index contributed by atoms with van der Waals surface area (Å²) >= 11 is 0. The van der Waals surface area contributed by atoms with E-state index in [2.05, 4.69) is 5.32 Å². The van der Waals surface area contributed by atoms with Crippen LogP contribution in [0.3, 0.4) is 0 Å².